The molecule has 1 aromatic rings. The lowest BCUT2D eigenvalue weighted by molar-refractivity contribution is -0.123. The Kier molecular flexibility index (Phi) is 4.51. The van der Waals surface area contributed by atoms with E-state index < -0.39 is 30.1 Å². The highest BCUT2D eigenvalue weighted by Crippen LogP contribution is 2.26. The molecule has 0 unspecified atom stereocenters. The first-order valence-electron chi connectivity index (χ1n) is 7.94. The predicted molar refractivity (Wildman–Crippen MR) is 78.6 cm³/mol. The molecule has 0 radical (unpaired) electrons. The van der Waals surface area contributed by atoms with Crippen LogP contribution in [0.3, 0.4) is 0 Å². The van der Waals surface area contributed by atoms with Crippen molar-refractivity contribution in [2.45, 2.75) is 57.0 Å². The maximum Gasteiger partial charge on any atom is 0.346 e. The molecule has 0 bridgehead atoms. The van der Waals surface area contributed by atoms with Crippen LogP contribution in [0, 0.1) is 5.92 Å². The Balaban J connectivity index is 1.64. The maximum atomic E-state index is 12.2. The van der Waals surface area contributed by atoms with Crippen LogP contribution in [0.4, 0.5) is 0 Å². The van der Waals surface area contributed by atoms with Crippen molar-refractivity contribution in [2.75, 3.05) is 6.61 Å². The zero-order valence-electron chi connectivity index (χ0n) is 12.8. The number of aryl methyl sites for hydroxylation is 1. The van der Waals surface area contributed by atoms with Gasteiger partial charge in [-0.1, -0.05) is 0 Å². The summed E-state index contributed by atoms with van der Waals surface area (Å²) in [5.74, 6) is -0.207. The van der Waals surface area contributed by atoms with Crippen molar-refractivity contribution < 1.29 is 20.1 Å². The average Bonchev–Trinajstić information content (AvgIpc) is 2.99. The summed E-state index contributed by atoms with van der Waals surface area (Å²) in [6, 6.07) is -0.636. The van der Waals surface area contributed by atoms with Gasteiger partial charge in [-0.15, -0.1) is 0 Å². The molecule has 23 heavy (non-hydrogen) atoms. The number of aliphatic hydroxyl groups excluding tert-OH is 3. The zero-order chi connectivity index (χ0) is 16.6. The number of aliphatic hydroxyl groups is 3. The molecule has 0 spiro atoms. The minimum absolute atomic E-state index is 0.220. The molecule has 128 valence electrons. The lowest BCUT2D eigenvalue weighted by Gasteiger charge is -2.17. The molecule has 0 saturated heterocycles. The second-order valence-electron chi connectivity index (χ2n) is 6.30. The first kappa shape index (κ1) is 16.2. The van der Waals surface area contributed by atoms with Crippen LogP contribution >= 0.6 is 0 Å². The molecule has 1 fully saturated rings. The Morgan fingerprint density at radius 1 is 1.30 bits per heavy atom. The van der Waals surface area contributed by atoms with E-state index in [9.17, 15) is 19.8 Å². The fraction of sp³-hybridized carbons (Fsp3) is 0.786. The van der Waals surface area contributed by atoms with Crippen LogP contribution in [0.2, 0.25) is 0 Å². The molecule has 0 aromatic carbocycles. The monoisotopic (exact) mass is 326 g/mol. The van der Waals surface area contributed by atoms with Gasteiger partial charge in [-0.2, -0.15) is 5.10 Å². The van der Waals surface area contributed by atoms with Crippen molar-refractivity contribution in [2.24, 2.45) is 5.92 Å². The van der Waals surface area contributed by atoms with E-state index in [1.165, 1.54) is 0 Å². The molecular formula is C14H22N4O5. The molecule has 3 rings (SSSR count). The van der Waals surface area contributed by atoms with Gasteiger partial charge in [-0.05, 0) is 19.3 Å². The molecule has 9 heteroatoms. The predicted octanol–water partition coefficient (Wildman–Crippen LogP) is -2.40. The largest absolute Gasteiger partial charge is 0.396 e. The second kappa shape index (κ2) is 6.42. The second-order valence-corrected chi connectivity index (χ2v) is 6.30. The Bertz CT molecular complexity index is 640. The van der Waals surface area contributed by atoms with E-state index >= 15 is 0 Å². The van der Waals surface area contributed by atoms with Gasteiger partial charge < -0.3 is 20.6 Å². The van der Waals surface area contributed by atoms with Crippen molar-refractivity contribution >= 4 is 5.91 Å². The smallest absolute Gasteiger partial charge is 0.346 e. The van der Waals surface area contributed by atoms with Gasteiger partial charge in [-0.3, -0.25) is 9.36 Å². The summed E-state index contributed by atoms with van der Waals surface area (Å²) in [5.41, 5.74) is -0.296. The van der Waals surface area contributed by atoms with Crippen LogP contribution in [0.1, 0.15) is 25.1 Å². The number of carbonyl (C=O) groups excluding carboxylic acids is 1. The van der Waals surface area contributed by atoms with Crippen molar-refractivity contribution in [3.8, 4) is 0 Å². The first-order chi connectivity index (χ1) is 11.0. The molecule has 4 N–H and O–H groups in total. The number of nitrogens with one attached hydrogen (secondary N) is 1. The fourth-order valence-electron chi connectivity index (χ4n) is 3.39. The Morgan fingerprint density at radius 2 is 2.09 bits per heavy atom. The Hall–Kier alpha value is -1.71. The molecule has 1 aliphatic heterocycles. The SMILES string of the molecule is O=C(Cn1nc2n(c1=O)CCCC2)N[C@H]1C[C@@H](CO)[C@H](O)[C@@H]1O. The number of fused-ring (bicyclic) bond motifs is 1. The van der Waals surface area contributed by atoms with Crippen molar-refractivity contribution in [1.29, 1.82) is 0 Å². The molecule has 1 amide bonds. The molecule has 1 aromatic heterocycles. The van der Waals surface area contributed by atoms with E-state index in [1.54, 1.807) is 4.57 Å². The van der Waals surface area contributed by atoms with Gasteiger partial charge in [0.25, 0.3) is 0 Å². The molecule has 2 heterocycles. The summed E-state index contributed by atoms with van der Waals surface area (Å²) in [7, 11) is 0. The topological polar surface area (TPSA) is 130 Å². The number of carbonyl (C=O) groups is 1. The van der Waals surface area contributed by atoms with E-state index in [-0.39, 0.29) is 18.8 Å². The molecule has 1 saturated carbocycles. The summed E-state index contributed by atoms with van der Waals surface area (Å²) < 4.78 is 2.73. The van der Waals surface area contributed by atoms with Crippen LogP contribution < -0.4 is 11.0 Å². The number of amides is 1. The van der Waals surface area contributed by atoms with E-state index in [1.807, 2.05) is 0 Å². The van der Waals surface area contributed by atoms with Crippen molar-refractivity contribution in [1.82, 2.24) is 19.7 Å². The van der Waals surface area contributed by atoms with Gasteiger partial charge in [0.2, 0.25) is 5.91 Å². The summed E-state index contributed by atoms with van der Waals surface area (Å²) in [6.45, 7) is 0.154. The van der Waals surface area contributed by atoms with Gasteiger partial charge in [-0.25, -0.2) is 9.48 Å². The average molecular weight is 326 g/mol. The molecule has 2 aliphatic rings. The maximum absolute atomic E-state index is 12.2. The summed E-state index contributed by atoms with van der Waals surface area (Å²) in [4.78, 5) is 24.3. The van der Waals surface area contributed by atoms with Crippen molar-refractivity contribution in [3.05, 3.63) is 16.3 Å². The van der Waals surface area contributed by atoms with Crippen LogP contribution in [0.5, 0.6) is 0 Å². The van der Waals surface area contributed by atoms with E-state index in [0.717, 1.165) is 23.9 Å². The third kappa shape index (κ3) is 3.04. The Labute approximate surface area is 132 Å². The van der Waals surface area contributed by atoms with E-state index in [0.29, 0.717) is 18.8 Å². The lowest BCUT2D eigenvalue weighted by atomic mass is 10.1. The highest BCUT2D eigenvalue weighted by atomic mass is 16.3. The van der Waals surface area contributed by atoms with E-state index in [4.69, 9.17) is 5.11 Å². The highest BCUT2D eigenvalue weighted by Gasteiger charge is 2.41. The normalized spacial score (nSPS) is 30.2. The molecule has 4 atom stereocenters. The molecular weight excluding hydrogens is 304 g/mol. The number of aromatic nitrogens is 3. The quantitative estimate of drug-likeness (QED) is 0.488. The molecule has 9 nitrogen and oxygen atoms in total. The first-order valence-corrected chi connectivity index (χ1v) is 7.94. The van der Waals surface area contributed by atoms with Crippen LogP contribution in [0.25, 0.3) is 0 Å². The minimum Gasteiger partial charge on any atom is -0.396 e. The Morgan fingerprint density at radius 3 is 2.74 bits per heavy atom. The van der Waals surface area contributed by atoms with Gasteiger partial charge in [0.05, 0.1) is 12.1 Å². The van der Waals surface area contributed by atoms with Crippen molar-refractivity contribution in [3.63, 3.8) is 0 Å². The van der Waals surface area contributed by atoms with Crippen LogP contribution in [-0.4, -0.2) is 60.4 Å². The van der Waals surface area contributed by atoms with Gasteiger partial charge in [0.15, 0.2) is 0 Å². The zero-order valence-corrected chi connectivity index (χ0v) is 12.8. The number of nitrogens with zero attached hydrogens (tertiary/aromatic N) is 3. The fourth-order valence-corrected chi connectivity index (χ4v) is 3.39. The highest BCUT2D eigenvalue weighted by molar-refractivity contribution is 5.76. The summed E-state index contributed by atoms with van der Waals surface area (Å²) in [5, 5.41) is 35.6. The third-order valence-corrected chi connectivity index (χ3v) is 4.71. The summed E-state index contributed by atoms with van der Waals surface area (Å²) in [6.07, 6.45) is 0.752. The summed E-state index contributed by atoms with van der Waals surface area (Å²) >= 11 is 0. The lowest BCUT2D eigenvalue weighted by Crippen LogP contribution is -2.45. The van der Waals surface area contributed by atoms with Crippen LogP contribution in [-0.2, 0) is 24.3 Å². The van der Waals surface area contributed by atoms with Gasteiger partial charge in [0, 0.05) is 25.5 Å². The van der Waals surface area contributed by atoms with E-state index in [2.05, 4.69) is 10.4 Å². The number of rotatable bonds is 4. The third-order valence-electron chi connectivity index (χ3n) is 4.71. The molecule has 1 aliphatic carbocycles. The van der Waals surface area contributed by atoms with Gasteiger partial charge in [0.1, 0.15) is 18.5 Å². The van der Waals surface area contributed by atoms with Crippen LogP contribution in [0.15, 0.2) is 4.79 Å². The minimum atomic E-state index is -1.12. The number of hydrogen-bond acceptors (Lipinski definition) is 6. The number of hydrogen-bond donors (Lipinski definition) is 4. The standard InChI is InChI=1S/C14H22N4O5/c19-7-8-5-9(13(22)12(8)21)15-11(20)6-18-14(23)17-4-2-1-3-10(17)16-18/h8-9,12-13,19,21-22H,1-7H2,(H,15,20)/t8-,9-,12-,13+/m0/s1. The van der Waals surface area contributed by atoms with Gasteiger partial charge >= 0.3 is 5.69 Å².